The Morgan fingerprint density at radius 1 is 1.48 bits per heavy atom. The van der Waals surface area contributed by atoms with Gasteiger partial charge in [0.05, 0.1) is 0 Å². The van der Waals surface area contributed by atoms with Gasteiger partial charge in [0, 0.05) is 35.1 Å². The predicted molar refractivity (Wildman–Crippen MR) is 93.5 cm³/mol. The third kappa shape index (κ3) is 4.07. The van der Waals surface area contributed by atoms with Crippen LogP contribution in [0.3, 0.4) is 0 Å². The number of aromatic nitrogens is 2. The van der Waals surface area contributed by atoms with Crippen LogP contribution in [0.4, 0.5) is 5.13 Å². The van der Waals surface area contributed by atoms with E-state index in [4.69, 9.17) is 0 Å². The van der Waals surface area contributed by atoms with Crippen LogP contribution in [0, 0.1) is 6.92 Å². The summed E-state index contributed by atoms with van der Waals surface area (Å²) >= 11 is 2.73. The molecule has 6 nitrogen and oxygen atoms in total. The Labute approximate surface area is 142 Å². The second-order valence-electron chi connectivity index (χ2n) is 5.68. The first-order chi connectivity index (χ1) is 11.1. The van der Waals surface area contributed by atoms with E-state index >= 15 is 0 Å². The Bertz CT molecular complexity index is 728. The number of hydrogen-bond acceptors (Lipinski definition) is 6. The van der Waals surface area contributed by atoms with Gasteiger partial charge in [-0.25, -0.2) is 4.98 Å². The number of amides is 1. The predicted octanol–water partition coefficient (Wildman–Crippen LogP) is 2.17. The van der Waals surface area contributed by atoms with Crippen LogP contribution in [0.5, 0.6) is 0 Å². The van der Waals surface area contributed by atoms with Crippen molar-refractivity contribution in [3.63, 3.8) is 0 Å². The van der Waals surface area contributed by atoms with Crippen LogP contribution in [0.15, 0.2) is 16.4 Å². The van der Waals surface area contributed by atoms with E-state index in [1.165, 1.54) is 16.2 Å². The van der Waals surface area contributed by atoms with Crippen molar-refractivity contribution in [2.24, 2.45) is 0 Å². The third-order valence-electron chi connectivity index (χ3n) is 4.05. The maximum atomic E-state index is 12.0. The number of thiazole rings is 2. The van der Waals surface area contributed by atoms with E-state index in [1.54, 1.807) is 15.9 Å². The number of nitrogens with one attached hydrogen (secondary N) is 2. The van der Waals surface area contributed by atoms with Gasteiger partial charge >= 0.3 is 4.87 Å². The number of carbonyl (C=O) groups excluding carboxylic acids is 1. The van der Waals surface area contributed by atoms with E-state index in [0.29, 0.717) is 17.6 Å². The fourth-order valence-corrected chi connectivity index (χ4v) is 4.47. The lowest BCUT2D eigenvalue weighted by Crippen LogP contribution is -2.26. The highest BCUT2D eigenvalue weighted by Gasteiger charge is 2.18. The SMILES string of the molecule is Cc1csc(=O)n1CCC(=O)Nc1ncc(C2CCNCC2)s1. The zero-order chi connectivity index (χ0) is 16.2. The molecule has 1 aliphatic rings. The molecule has 1 amide bonds. The molecular formula is C15H20N4O2S2. The van der Waals surface area contributed by atoms with Crippen LogP contribution in [0.25, 0.3) is 0 Å². The summed E-state index contributed by atoms with van der Waals surface area (Å²) in [5.41, 5.74) is 0.898. The van der Waals surface area contributed by atoms with Crippen molar-refractivity contribution in [3.05, 3.63) is 31.8 Å². The molecule has 0 saturated carbocycles. The number of carbonyl (C=O) groups is 1. The number of hydrogen-bond donors (Lipinski definition) is 2. The first-order valence-electron chi connectivity index (χ1n) is 7.74. The quantitative estimate of drug-likeness (QED) is 0.865. The minimum atomic E-state index is -0.103. The van der Waals surface area contributed by atoms with Gasteiger partial charge in [-0.15, -0.1) is 11.3 Å². The maximum Gasteiger partial charge on any atom is 0.307 e. The summed E-state index contributed by atoms with van der Waals surface area (Å²) in [5, 5.41) is 8.66. The van der Waals surface area contributed by atoms with Crippen molar-refractivity contribution in [2.45, 2.75) is 38.6 Å². The highest BCUT2D eigenvalue weighted by atomic mass is 32.1. The van der Waals surface area contributed by atoms with E-state index in [0.717, 1.165) is 31.6 Å². The zero-order valence-corrected chi connectivity index (χ0v) is 14.6. The van der Waals surface area contributed by atoms with Crippen LogP contribution in [0.2, 0.25) is 0 Å². The molecule has 0 unspecified atom stereocenters. The molecule has 0 atom stereocenters. The number of nitrogens with zero attached hydrogens (tertiary/aromatic N) is 2. The van der Waals surface area contributed by atoms with Gasteiger partial charge in [-0.05, 0) is 38.8 Å². The number of anilines is 1. The van der Waals surface area contributed by atoms with Crippen molar-refractivity contribution >= 4 is 33.7 Å². The molecule has 1 fully saturated rings. The average Bonchev–Trinajstić information content (AvgIpc) is 3.14. The van der Waals surface area contributed by atoms with Crippen molar-refractivity contribution in [2.75, 3.05) is 18.4 Å². The molecule has 3 rings (SSSR count). The molecular weight excluding hydrogens is 332 g/mol. The lowest BCUT2D eigenvalue weighted by atomic mass is 9.97. The lowest BCUT2D eigenvalue weighted by molar-refractivity contribution is -0.116. The topological polar surface area (TPSA) is 76.0 Å². The Hall–Kier alpha value is -1.51. The smallest absolute Gasteiger partial charge is 0.307 e. The van der Waals surface area contributed by atoms with Crippen LogP contribution < -0.4 is 15.5 Å². The zero-order valence-electron chi connectivity index (χ0n) is 13.0. The molecule has 0 bridgehead atoms. The Morgan fingerprint density at radius 2 is 2.26 bits per heavy atom. The fourth-order valence-electron chi connectivity index (χ4n) is 2.71. The monoisotopic (exact) mass is 352 g/mol. The molecule has 8 heteroatoms. The first-order valence-corrected chi connectivity index (χ1v) is 9.44. The van der Waals surface area contributed by atoms with Crippen molar-refractivity contribution in [1.29, 1.82) is 0 Å². The van der Waals surface area contributed by atoms with Crippen LogP contribution in [-0.2, 0) is 11.3 Å². The molecule has 1 saturated heterocycles. The van der Waals surface area contributed by atoms with Gasteiger partial charge in [-0.2, -0.15) is 0 Å². The summed E-state index contributed by atoms with van der Waals surface area (Å²) in [4.78, 5) is 29.2. The first kappa shape index (κ1) is 16.4. The van der Waals surface area contributed by atoms with E-state index < -0.39 is 0 Å². The molecule has 0 spiro atoms. The Balaban J connectivity index is 1.54. The maximum absolute atomic E-state index is 12.0. The molecule has 0 aromatic carbocycles. The highest BCUT2D eigenvalue weighted by Crippen LogP contribution is 2.31. The van der Waals surface area contributed by atoms with Crippen LogP contribution >= 0.6 is 22.7 Å². The summed E-state index contributed by atoms with van der Waals surface area (Å²) in [6, 6.07) is 0. The molecule has 2 aromatic rings. The minimum absolute atomic E-state index is 0.0160. The molecule has 1 aliphatic heterocycles. The molecule has 3 heterocycles. The summed E-state index contributed by atoms with van der Waals surface area (Å²) in [6.45, 7) is 4.37. The average molecular weight is 352 g/mol. The largest absolute Gasteiger partial charge is 0.317 e. The highest BCUT2D eigenvalue weighted by molar-refractivity contribution is 7.15. The molecule has 124 valence electrons. The van der Waals surface area contributed by atoms with Crippen LogP contribution in [-0.4, -0.2) is 28.5 Å². The van der Waals surface area contributed by atoms with E-state index in [1.807, 2.05) is 18.5 Å². The number of rotatable bonds is 5. The molecule has 2 aromatic heterocycles. The van der Waals surface area contributed by atoms with Gasteiger partial charge < -0.3 is 15.2 Å². The molecule has 0 radical (unpaired) electrons. The fraction of sp³-hybridized carbons (Fsp3) is 0.533. The molecule has 2 N–H and O–H groups in total. The summed E-state index contributed by atoms with van der Waals surface area (Å²) in [7, 11) is 0. The second-order valence-corrected chi connectivity index (χ2v) is 7.57. The van der Waals surface area contributed by atoms with E-state index in [-0.39, 0.29) is 17.2 Å². The second kappa shape index (κ2) is 7.37. The summed E-state index contributed by atoms with van der Waals surface area (Å²) in [5.74, 6) is 0.445. The van der Waals surface area contributed by atoms with Gasteiger partial charge in [-0.1, -0.05) is 11.3 Å². The summed E-state index contributed by atoms with van der Waals surface area (Å²) in [6.07, 6.45) is 4.40. The van der Waals surface area contributed by atoms with Crippen molar-refractivity contribution in [3.8, 4) is 0 Å². The van der Waals surface area contributed by atoms with Gasteiger partial charge in [-0.3, -0.25) is 9.59 Å². The van der Waals surface area contributed by atoms with Gasteiger partial charge in [0.2, 0.25) is 5.91 Å². The normalized spacial score (nSPS) is 15.7. The number of piperidine rings is 1. The summed E-state index contributed by atoms with van der Waals surface area (Å²) < 4.78 is 1.63. The lowest BCUT2D eigenvalue weighted by Gasteiger charge is -2.20. The third-order valence-corrected chi connectivity index (χ3v) is 6.01. The van der Waals surface area contributed by atoms with Crippen molar-refractivity contribution < 1.29 is 4.79 Å². The van der Waals surface area contributed by atoms with Crippen LogP contribution in [0.1, 0.15) is 35.8 Å². The van der Waals surface area contributed by atoms with Gasteiger partial charge in [0.25, 0.3) is 0 Å². The van der Waals surface area contributed by atoms with Gasteiger partial charge in [0.15, 0.2) is 5.13 Å². The molecule has 23 heavy (non-hydrogen) atoms. The Morgan fingerprint density at radius 3 is 2.96 bits per heavy atom. The molecule has 0 aliphatic carbocycles. The van der Waals surface area contributed by atoms with E-state index in [9.17, 15) is 9.59 Å². The Kier molecular flexibility index (Phi) is 5.24. The van der Waals surface area contributed by atoms with Gasteiger partial charge in [0.1, 0.15) is 0 Å². The minimum Gasteiger partial charge on any atom is -0.317 e. The van der Waals surface area contributed by atoms with E-state index in [2.05, 4.69) is 15.6 Å². The van der Waals surface area contributed by atoms with Crippen molar-refractivity contribution in [1.82, 2.24) is 14.9 Å². The number of aryl methyl sites for hydroxylation is 1. The standard InChI is InChI=1S/C15H20N4O2S2/c1-10-9-22-15(21)19(10)7-4-13(20)18-14-17-8-12(23-14)11-2-5-16-6-3-11/h8-9,11,16H,2-7H2,1H3,(H,17,18,20).